The summed E-state index contributed by atoms with van der Waals surface area (Å²) >= 11 is 0. The van der Waals surface area contributed by atoms with Gasteiger partial charge in [0.25, 0.3) is 5.91 Å². The first-order chi connectivity index (χ1) is 13.9. The van der Waals surface area contributed by atoms with E-state index in [1.54, 1.807) is 60.4 Å². The third-order valence-electron chi connectivity index (χ3n) is 4.35. The van der Waals surface area contributed by atoms with E-state index in [0.717, 1.165) is 11.2 Å². The number of carbonyl (C=O) groups is 1. The van der Waals surface area contributed by atoms with Gasteiger partial charge in [0.2, 0.25) is 9.84 Å². The fourth-order valence-corrected chi connectivity index (χ4v) is 4.06. The number of sulfone groups is 1. The molecule has 9 heteroatoms. The van der Waals surface area contributed by atoms with E-state index in [-0.39, 0.29) is 22.2 Å². The number of nitrogens with zero attached hydrogens (tertiary/aromatic N) is 4. The van der Waals surface area contributed by atoms with E-state index in [0.29, 0.717) is 11.3 Å². The molecular weight excluding hydrogens is 390 g/mol. The van der Waals surface area contributed by atoms with Gasteiger partial charge in [0.05, 0.1) is 27.6 Å². The molecule has 0 bridgehead atoms. The lowest BCUT2D eigenvalue weighted by molar-refractivity contribution is 0.0950. The zero-order valence-electron chi connectivity index (χ0n) is 15.5. The Balaban J connectivity index is 1.46. The van der Waals surface area contributed by atoms with E-state index >= 15 is 0 Å². The van der Waals surface area contributed by atoms with Gasteiger partial charge < -0.3 is 9.72 Å². The van der Waals surface area contributed by atoms with Gasteiger partial charge in [0, 0.05) is 37.2 Å². The van der Waals surface area contributed by atoms with Crippen LogP contribution in [0.1, 0.15) is 21.6 Å². The fourth-order valence-electron chi connectivity index (χ4n) is 2.81. The van der Waals surface area contributed by atoms with Gasteiger partial charge in [0.1, 0.15) is 5.65 Å². The topological polar surface area (TPSA) is 106 Å². The summed E-state index contributed by atoms with van der Waals surface area (Å²) in [5.74, 6) is -0.259. The molecule has 0 unspecified atom stereocenters. The number of hydrogen-bond donors (Lipinski definition) is 1. The Hall–Kier alpha value is -3.59. The van der Waals surface area contributed by atoms with Crippen LogP contribution in [0.4, 0.5) is 0 Å². The maximum Gasteiger partial charge on any atom is 0.253 e. The van der Waals surface area contributed by atoms with Crippen molar-refractivity contribution in [2.45, 2.75) is 23.3 Å². The van der Waals surface area contributed by atoms with Crippen molar-refractivity contribution in [3.8, 4) is 0 Å². The summed E-state index contributed by atoms with van der Waals surface area (Å²) in [7, 11) is -3.69. The van der Waals surface area contributed by atoms with Gasteiger partial charge >= 0.3 is 0 Å². The Morgan fingerprint density at radius 1 is 1.07 bits per heavy atom. The van der Waals surface area contributed by atoms with Crippen molar-refractivity contribution in [1.82, 2.24) is 24.7 Å². The van der Waals surface area contributed by atoms with Crippen molar-refractivity contribution in [3.63, 3.8) is 0 Å². The molecule has 0 radical (unpaired) electrons. The van der Waals surface area contributed by atoms with Gasteiger partial charge in [-0.3, -0.25) is 14.8 Å². The number of amides is 1. The maximum atomic E-state index is 12.7. The van der Waals surface area contributed by atoms with Crippen LogP contribution < -0.4 is 5.32 Å². The first kappa shape index (κ1) is 18.8. The second-order valence-corrected chi connectivity index (χ2v) is 8.43. The van der Waals surface area contributed by atoms with Crippen LogP contribution in [-0.2, 0) is 16.4 Å². The highest BCUT2D eigenvalue weighted by Crippen LogP contribution is 2.20. The molecule has 4 heterocycles. The molecular formula is C20H17N5O3S. The SMILES string of the molecule is Cc1cncc(S(=O)(=O)c2ccc(CNC(=O)c3ccc4nccn4c3)nc2)c1. The number of carbonyl (C=O) groups excluding carboxylic acids is 1. The van der Waals surface area contributed by atoms with Crippen molar-refractivity contribution >= 4 is 21.4 Å². The molecule has 4 aromatic heterocycles. The van der Waals surface area contributed by atoms with Crippen LogP contribution in [-0.4, -0.2) is 33.7 Å². The molecule has 0 aromatic carbocycles. The van der Waals surface area contributed by atoms with Gasteiger partial charge in [0.15, 0.2) is 0 Å². The quantitative estimate of drug-likeness (QED) is 0.544. The summed E-state index contributed by atoms with van der Waals surface area (Å²) in [6, 6.07) is 8.07. The Morgan fingerprint density at radius 3 is 2.69 bits per heavy atom. The lowest BCUT2D eigenvalue weighted by Crippen LogP contribution is -2.23. The molecule has 0 saturated heterocycles. The Bertz CT molecular complexity index is 1300. The number of aromatic nitrogens is 4. The molecule has 8 nitrogen and oxygen atoms in total. The van der Waals surface area contributed by atoms with E-state index in [1.165, 1.54) is 18.5 Å². The highest BCUT2D eigenvalue weighted by atomic mass is 32.2. The van der Waals surface area contributed by atoms with Crippen LogP contribution >= 0.6 is 0 Å². The molecule has 0 saturated carbocycles. The minimum Gasteiger partial charge on any atom is -0.346 e. The molecule has 0 aliphatic rings. The largest absolute Gasteiger partial charge is 0.346 e. The second kappa shape index (κ2) is 7.44. The third-order valence-corrected chi connectivity index (χ3v) is 6.06. The van der Waals surface area contributed by atoms with E-state index < -0.39 is 9.84 Å². The normalized spacial score (nSPS) is 11.5. The molecule has 1 N–H and O–H groups in total. The number of nitrogens with one attached hydrogen (secondary N) is 1. The Kier molecular flexibility index (Phi) is 4.81. The van der Waals surface area contributed by atoms with Crippen LogP contribution in [0.5, 0.6) is 0 Å². The lowest BCUT2D eigenvalue weighted by atomic mass is 10.2. The molecule has 0 aliphatic carbocycles. The molecule has 0 atom stereocenters. The molecule has 4 rings (SSSR count). The fraction of sp³-hybridized carbons (Fsp3) is 0.100. The monoisotopic (exact) mass is 407 g/mol. The smallest absolute Gasteiger partial charge is 0.253 e. The zero-order chi connectivity index (χ0) is 20.4. The van der Waals surface area contributed by atoms with Gasteiger partial charge in [-0.15, -0.1) is 0 Å². The lowest BCUT2D eigenvalue weighted by Gasteiger charge is -2.08. The number of imidazole rings is 1. The van der Waals surface area contributed by atoms with E-state index in [1.807, 2.05) is 0 Å². The van der Waals surface area contributed by atoms with Crippen molar-refractivity contribution < 1.29 is 13.2 Å². The average Bonchev–Trinajstić information content (AvgIpc) is 3.20. The molecule has 146 valence electrons. The van der Waals surface area contributed by atoms with Crippen LogP contribution in [0.3, 0.4) is 0 Å². The van der Waals surface area contributed by atoms with E-state index in [2.05, 4.69) is 20.3 Å². The van der Waals surface area contributed by atoms with Crippen LogP contribution in [0.2, 0.25) is 0 Å². The third kappa shape index (κ3) is 3.85. The van der Waals surface area contributed by atoms with Crippen molar-refractivity contribution in [2.75, 3.05) is 0 Å². The molecule has 1 amide bonds. The number of fused-ring (bicyclic) bond motifs is 1. The minimum atomic E-state index is -3.69. The highest BCUT2D eigenvalue weighted by molar-refractivity contribution is 7.91. The predicted octanol–water partition coefficient (Wildman–Crippen LogP) is 2.20. The average molecular weight is 407 g/mol. The maximum absolute atomic E-state index is 12.7. The summed E-state index contributed by atoms with van der Waals surface area (Å²) in [6.07, 6.45) is 9.30. The van der Waals surface area contributed by atoms with Gasteiger partial charge in [-0.2, -0.15) is 0 Å². The van der Waals surface area contributed by atoms with Crippen molar-refractivity contribution in [3.05, 3.63) is 84.3 Å². The molecule has 29 heavy (non-hydrogen) atoms. The van der Waals surface area contributed by atoms with Gasteiger partial charge in [-0.25, -0.2) is 13.4 Å². The number of hydrogen-bond acceptors (Lipinski definition) is 6. The van der Waals surface area contributed by atoms with Crippen LogP contribution in [0.25, 0.3) is 5.65 Å². The summed E-state index contributed by atoms with van der Waals surface area (Å²) in [5, 5.41) is 2.77. The molecule has 0 fully saturated rings. The van der Waals surface area contributed by atoms with E-state index in [9.17, 15) is 13.2 Å². The summed E-state index contributed by atoms with van der Waals surface area (Å²) in [4.78, 5) is 24.8. The molecule has 4 aromatic rings. The first-order valence-corrected chi connectivity index (χ1v) is 10.2. The predicted molar refractivity (Wildman–Crippen MR) is 105 cm³/mol. The molecule has 0 spiro atoms. The Morgan fingerprint density at radius 2 is 1.93 bits per heavy atom. The highest BCUT2D eigenvalue weighted by Gasteiger charge is 2.18. The zero-order valence-corrected chi connectivity index (χ0v) is 16.3. The number of pyridine rings is 3. The second-order valence-electron chi connectivity index (χ2n) is 6.48. The standard InChI is InChI=1S/C20H17N5O3S/c1-14-8-18(11-21-9-14)29(27,28)17-4-3-16(23-12-17)10-24-20(26)15-2-5-19-22-6-7-25(19)13-15/h2-9,11-13H,10H2,1H3,(H,24,26). The summed E-state index contributed by atoms with van der Waals surface area (Å²) < 4.78 is 27.1. The van der Waals surface area contributed by atoms with Crippen LogP contribution in [0, 0.1) is 6.92 Å². The Labute approximate surface area is 167 Å². The molecule has 0 aliphatic heterocycles. The van der Waals surface area contributed by atoms with Crippen molar-refractivity contribution in [1.29, 1.82) is 0 Å². The minimum absolute atomic E-state index is 0.0746. The summed E-state index contributed by atoms with van der Waals surface area (Å²) in [6.45, 7) is 1.95. The van der Waals surface area contributed by atoms with Gasteiger partial charge in [-0.05, 0) is 42.8 Å². The van der Waals surface area contributed by atoms with E-state index in [4.69, 9.17) is 0 Å². The van der Waals surface area contributed by atoms with Crippen LogP contribution in [0.15, 0.2) is 77.3 Å². The summed E-state index contributed by atoms with van der Waals surface area (Å²) in [5.41, 5.74) is 2.54. The van der Waals surface area contributed by atoms with Crippen molar-refractivity contribution in [2.24, 2.45) is 0 Å². The first-order valence-electron chi connectivity index (χ1n) is 8.76. The number of aryl methyl sites for hydroxylation is 1. The van der Waals surface area contributed by atoms with Gasteiger partial charge in [-0.1, -0.05) is 0 Å². The number of rotatable bonds is 5.